The molecule has 0 saturated carbocycles. The maximum Gasteiger partial charge on any atom is 0.223 e. The molecule has 5 heteroatoms. The van der Waals surface area contributed by atoms with Crippen molar-refractivity contribution >= 4 is 17.5 Å². The summed E-state index contributed by atoms with van der Waals surface area (Å²) in [5.41, 5.74) is 0.741. The van der Waals surface area contributed by atoms with Crippen LogP contribution in [0.1, 0.15) is 31.4 Å². The number of amides is 1. The van der Waals surface area contributed by atoms with Crippen LogP contribution in [0.25, 0.3) is 0 Å². The van der Waals surface area contributed by atoms with Crippen molar-refractivity contribution in [3.05, 3.63) is 34.6 Å². The smallest absolute Gasteiger partial charge is 0.223 e. The average Bonchev–Trinajstić information content (AvgIpc) is 2.39. The number of piperidine rings is 1. The van der Waals surface area contributed by atoms with Gasteiger partial charge in [-0.15, -0.1) is 0 Å². The summed E-state index contributed by atoms with van der Waals surface area (Å²) in [4.78, 5) is 12.1. The minimum Gasteiger partial charge on any atom is -0.349 e. The van der Waals surface area contributed by atoms with Gasteiger partial charge in [0.2, 0.25) is 5.91 Å². The van der Waals surface area contributed by atoms with E-state index >= 15 is 0 Å². The number of benzene rings is 1. The van der Waals surface area contributed by atoms with Crippen LogP contribution in [0.2, 0.25) is 5.02 Å². The molecule has 19 heavy (non-hydrogen) atoms. The first-order chi connectivity index (χ1) is 9.08. The van der Waals surface area contributed by atoms with Gasteiger partial charge < -0.3 is 10.6 Å². The highest BCUT2D eigenvalue weighted by Gasteiger charge is 2.23. The summed E-state index contributed by atoms with van der Waals surface area (Å²) in [6.07, 6.45) is 1.71. The van der Waals surface area contributed by atoms with Crippen LogP contribution in [-0.2, 0) is 4.79 Å². The number of carbonyl (C=O) groups is 1. The largest absolute Gasteiger partial charge is 0.349 e. The predicted molar refractivity (Wildman–Crippen MR) is 73.6 cm³/mol. The number of hydrogen-bond donors (Lipinski definition) is 2. The molecule has 1 atom stereocenters. The lowest BCUT2D eigenvalue weighted by molar-refractivity contribution is -0.126. The number of rotatable bonds is 3. The lowest BCUT2D eigenvalue weighted by atomic mass is 9.96. The highest BCUT2D eigenvalue weighted by atomic mass is 35.5. The third-order valence-corrected chi connectivity index (χ3v) is 3.83. The molecular formula is C14H18ClFN2O. The van der Waals surface area contributed by atoms with Crippen LogP contribution >= 0.6 is 11.6 Å². The number of carbonyl (C=O) groups excluding carboxylic acids is 1. The highest BCUT2D eigenvalue weighted by Crippen LogP contribution is 2.24. The van der Waals surface area contributed by atoms with Crippen LogP contribution in [0, 0.1) is 11.7 Å². The molecule has 1 amide bonds. The Morgan fingerprint density at radius 2 is 2.16 bits per heavy atom. The van der Waals surface area contributed by atoms with Crippen molar-refractivity contribution in [1.82, 2.24) is 10.6 Å². The maximum atomic E-state index is 13.0. The van der Waals surface area contributed by atoms with Crippen molar-refractivity contribution in [3.8, 4) is 0 Å². The summed E-state index contributed by atoms with van der Waals surface area (Å²) in [6, 6.07) is 4.03. The molecule has 1 aliphatic heterocycles. The summed E-state index contributed by atoms with van der Waals surface area (Å²) in [7, 11) is 0. The van der Waals surface area contributed by atoms with Gasteiger partial charge in [0.05, 0.1) is 6.04 Å². The predicted octanol–water partition coefficient (Wildman–Crippen LogP) is 2.66. The van der Waals surface area contributed by atoms with E-state index in [0.717, 1.165) is 31.5 Å². The quantitative estimate of drug-likeness (QED) is 0.896. The molecule has 1 aromatic rings. The summed E-state index contributed by atoms with van der Waals surface area (Å²) >= 11 is 5.99. The van der Waals surface area contributed by atoms with Crippen LogP contribution in [0.5, 0.6) is 0 Å². The Balaban J connectivity index is 1.99. The van der Waals surface area contributed by atoms with E-state index in [0.29, 0.717) is 5.02 Å². The van der Waals surface area contributed by atoms with E-state index in [1.165, 1.54) is 12.1 Å². The minimum atomic E-state index is -0.370. The van der Waals surface area contributed by atoms with E-state index in [-0.39, 0.29) is 23.7 Å². The van der Waals surface area contributed by atoms with Crippen molar-refractivity contribution in [3.63, 3.8) is 0 Å². The van der Waals surface area contributed by atoms with Gasteiger partial charge in [-0.3, -0.25) is 4.79 Å². The van der Waals surface area contributed by atoms with Crippen LogP contribution in [0.3, 0.4) is 0 Å². The molecule has 1 heterocycles. The van der Waals surface area contributed by atoms with E-state index < -0.39 is 0 Å². The van der Waals surface area contributed by atoms with E-state index in [1.54, 1.807) is 6.07 Å². The lowest BCUT2D eigenvalue weighted by Crippen LogP contribution is -2.39. The Bertz CT molecular complexity index is 461. The number of halogens is 2. The Hall–Kier alpha value is -1.13. The van der Waals surface area contributed by atoms with Gasteiger partial charge in [-0.05, 0) is 50.6 Å². The lowest BCUT2D eigenvalue weighted by Gasteiger charge is -2.24. The molecule has 3 nitrogen and oxygen atoms in total. The van der Waals surface area contributed by atoms with Crippen molar-refractivity contribution in [2.24, 2.45) is 5.92 Å². The zero-order chi connectivity index (χ0) is 13.8. The summed E-state index contributed by atoms with van der Waals surface area (Å²) in [6.45, 7) is 3.62. The fourth-order valence-corrected chi connectivity index (χ4v) is 2.68. The van der Waals surface area contributed by atoms with Crippen molar-refractivity contribution < 1.29 is 9.18 Å². The SMILES string of the molecule is CC(NC(=O)C1CCNCC1)c1ccc(F)cc1Cl. The topological polar surface area (TPSA) is 41.1 Å². The van der Waals surface area contributed by atoms with E-state index in [9.17, 15) is 9.18 Å². The number of hydrogen-bond acceptors (Lipinski definition) is 2. The zero-order valence-electron chi connectivity index (χ0n) is 10.9. The normalized spacial score (nSPS) is 18.1. The Morgan fingerprint density at radius 3 is 2.79 bits per heavy atom. The van der Waals surface area contributed by atoms with Crippen LogP contribution in [-0.4, -0.2) is 19.0 Å². The maximum absolute atomic E-state index is 13.0. The highest BCUT2D eigenvalue weighted by molar-refractivity contribution is 6.31. The van der Waals surface area contributed by atoms with E-state index in [1.807, 2.05) is 6.92 Å². The molecule has 1 aromatic carbocycles. The third-order valence-electron chi connectivity index (χ3n) is 3.50. The molecule has 1 aliphatic rings. The Morgan fingerprint density at radius 1 is 1.47 bits per heavy atom. The second kappa shape index (κ2) is 6.35. The molecule has 0 spiro atoms. The second-order valence-corrected chi connectivity index (χ2v) is 5.33. The van der Waals surface area contributed by atoms with Gasteiger partial charge in [-0.1, -0.05) is 17.7 Å². The van der Waals surface area contributed by atoms with Gasteiger partial charge in [0, 0.05) is 10.9 Å². The summed E-state index contributed by atoms with van der Waals surface area (Å²) in [5, 5.41) is 6.53. The monoisotopic (exact) mass is 284 g/mol. The molecule has 1 fully saturated rings. The first-order valence-electron chi connectivity index (χ1n) is 6.54. The first kappa shape index (κ1) is 14.3. The third kappa shape index (κ3) is 3.67. The molecule has 104 valence electrons. The van der Waals surface area contributed by atoms with Crippen molar-refractivity contribution in [1.29, 1.82) is 0 Å². The molecule has 0 bridgehead atoms. The second-order valence-electron chi connectivity index (χ2n) is 4.92. The van der Waals surface area contributed by atoms with Crippen LogP contribution < -0.4 is 10.6 Å². The molecule has 0 radical (unpaired) electrons. The summed E-state index contributed by atoms with van der Waals surface area (Å²) < 4.78 is 13.0. The van der Waals surface area contributed by atoms with Crippen LogP contribution in [0.15, 0.2) is 18.2 Å². The molecular weight excluding hydrogens is 267 g/mol. The van der Waals surface area contributed by atoms with E-state index in [2.05, 4.69) is 10.6 Å². The standard InChI is InChI=1S/C14H18ClFN2O/c1-9(12-3-2-11(16)8-13(12)15)18-14(19)10-4-6-17-7-5-10/h2-3,8-10,17H,4-7H2,1H3,(H,18,19). The summed E-state index contributed by atoms with van der Waals surface area (Å²) in [5.74, 6) is -0.261. The van der Waals surface area contributed by atoms with Gasteiger partial charge in [0.1, 0.15) is 5.82 Å². The van der Waals surface area contributed by atoms with Crippen molar-refractivity contribution in [2.45, 2.75) is 25.8 Å². The van der Waals surface area contributed by atoms with Gasteiger partial charge in [0.25, 0.3) is 0 Å². The molecule has 2 N–H and O–H groups in total. The molecule has 0 aromatic heterocycles. The zero-order valence-corrected chi connectivity index (χ0v) is 11.6. The molecule has 2 rings (SSSR count). The Labute approximate surface area is 117 Å². The van der Waals surface area contributed by atoms with Crippen molar-refractivity contribution in [2.75, 3.05) is 13.1 Å². The minimum absolute atomic E-state index is 0.0504. The van der Waals surface area contributed by atoms with E-state index in [4.69, 9.17) is 11.6 Å². The molecule has 0 aliphatic carbocycles. The number of nitrogens with one attached hydrogen (secondary N) is 2. The fourth-order valence-electron chi connectivity index (χ4n) is 2.35. The van der Waals surface area contributed by atoms with Gasteiger partial charge >= 0.3 is 0 Å². The Kier molecular flexibility index (Phi) is 4.77. The van der Waals surface area contributed by atoms with Gasteiger partial charge in [0.15, 0.2) is 0 Å². The first-order valence-corrected chi connectivity index (χ1v) is 6.92. The molecule has 1 unspecified atom stereocenters. The molecule has 1 saturated heterocycles. The average molecular weight is 285 g/mol. The fraction of sp³-hybridized carbons (Fsp3) is 0.500. The van der Waals surface area contributed by atoms with Crippen LogP contribution in [0.4, 0.5) is 4.39 Å². The van der Waals surface area contributed by atoms with Gasteiger partial charge in [-0.2, -0.15) is 0 Å². The van der Waals surface area contributed by atoms with Gasteiger partial charge in [-0.25, -0.2) is 4.39 Å².